The summed E-state index contributed by atoms with van der Waals surface area (Å²) in [5.41, 5.74) is 0. The number of anilines is 1. The number of hydrogen-bond donors (Lipinski definition) is 1. The fraction of sp³-hybridized carbons (Fsp3) is 0.455. The van der Waals surface area contributed by atoms with Crippen LogP contribution in [-0.2, 0) is 0 Å². The van der Waals surface area contributed by atoms with Crippen LogP contribution in [0.1, 0.15) is 26.2 Å². The molecule has 0 saturated heterocycles. The Balaban J connectivity index is 2.06. The van der Waals surface area contributed by atoms with Crippen molar-refractivity contribution in [3.8, 4) is 0 Å². The lowest BCUT2D eigenvalue weighted by atomic mass is 10.2. The summed E-state index contributed by atoms with van der Waals surface area (Å²) in [5.74, 6) is 0.635. The van der Waals surface area contributed by atoms with Crippen LogP contribution in [0.5, 0.6) is 0 Å². The van der Waals surface area contributed by atoms with Crippen LogP contribution >= 0.6 is 22.9 Å². The standard InChI is InChI=1S/C11H14ClN3S/c1-2-3-4-6-13-11-14-9(12)8-5-7-16-10(8)15-11/h5,7H,2-4,6H2,1H3,(H,13,14,15). The fourth-order valence-electron chi connectivity index (χ4n) is 1.47. The Morgan fingerprint density at radius 2 is 2.25 bits per heavy atom. The summed E-state index contributed by atoms with van der Waals surface area (Å²) in [6, 6.07) is 1.95. The first-order valence-electron chi connectivity index (χ1n) is 5.46. The van der Waals surface area contributed by atoms with Crippen molar-refractivity contribution in [3.05, 3.63) is 16.6 Å². The van der Waals surface area contributed by atoms with Crippen LogP contribution in [0.3, 0.4) is 0 Å². The van der Waals surface area contributed by atoms with E-state index >= 15 is 0 Å². The van der Waals surface area contributed by atoms with Gasteiger partial charge in [-0.1, -0.05) is 31.4 Å². The van der Waals surface area contributed by atoms with Crippen LogP contribution in [0.4, 0.5) is 5.95 Å². The molecule has 16 heavy (non-hydrogen) atoms. The molecule has 86 valence electrons. The maximum atomic E-state index is 6.06. The van der Waals surface area contributed by atoms with Crippen LogP contribution in [0, 0.1) is 0 Å². The molecule has 0 aliphatic carbocycles. The van der Waals surface area contributed by atoms with Gasteiger partial charge in [0.05, 0.1) is 0 Å². The zero-order chi connectivity index (χ0) is 11.4. The second-order valence-electron chi connectivity index (χ2n) is 3.61. The summed E-state index contributed by atoms with van der Waals surface area (Å²) < 4.78 is 0. The number of unbranched alkanes of at least 4 members (excludes halogenated alkanes) is 2. The van der Waals surface area contributed by atoms with Crippen LogP contribution in [-0.4, -0.2) is 16.5 Å². The molecule has 0 aliphatic heterocycles. The first-order chi connectivity index (χ1) is 7.81. The van der Waals surface area contributed by atoms with E-state index in [-0.39, 0.29) is 0 Å². The van der Waals surface area contributed by atoms with Gasteiger partial charge in [-0.2, -0.15) is 0 Å². The normalized spacial score (nSPS) is 10.9. The molecule has 0 fully saturated rings. The number of fused-ring (bicyclic) bond motifs is 1. The maximum Gasteiger partial charge on any atom is 0.225 e. The highest BCUT2D eigenvalue weighted by atomic mass is 35.5. The largest absolute Gasteiger partial charge is 0.354 e. The highest BCUT2D eigenvalue weighted by Crippen LogP contribution is 2.25. The number of nitrogens with zero attached hydrogens (tertiary/aromatic N) is 2. The zero-order valence-corrected chi connectivity index (χ0v) is 10.7. The molecule has 0 aliphatic rings. The van der Waals surface area contributed by atoms with Gasteiger partial charge in [0.25, 0.3) is 0 Å². The van der Waals surface area contributed by atoms with Crippen molar-refractivity contribution < 1.29 is 0 Å². The van der Waals surface area contributed by atoms with Gasteiger partial charge in [0.1, 0.15) is 9.98 Å². The van der Waals surface area contributed by atoms with Gasteiger partial charge in [0.15, 0.2) is 0 Å². The number of hydrogen-bond acceptors (Lipinski definition) is 4. The lowest BCUT2D eigenvalue weighted by Crippen LogP contribution is -2.05. The summed E-state index contributed by atoms with van der Waals surface area (Å²) in [6.07, 6.45) is 3.58. The summed E-state index contributed by atoms with van der Waals surface area (Å²) in [5, 5.41) is 6.65. The second kappa shape index (κ2) is 5.46. The quantitative estimate of drug-likeness (QED) is 0.649. The topological polar surface area (TPSA) is 37.8 Å². The van der Waals surface area contributed by atoms with Gasteiger partial charge >= 0.3 is 0 Å². The smallest absolute Gasteiger partial charge is 0.225 e. The molecule has 0 radical (unpaired) electrons. The predicted molar refractivity (Wildman–Crippen MR) is 70.4 cm³/mol. The van der Waals surface area contributed by atoms with Crippen molar-refractivity contribution in [3.63, 3.8) is 0 Å². The summed E-state index contributed by atoms with van der Waals surface area (Å²) in [4.78, 5) is 9.57. The molecular formula is C11H14ClN3S. The summed E-state index contributed by atoms with van der Waals surface area (Å²) in [6.45, 7) is 3.09. The minimum atomic E-state index is 0.532. The Morgan fingerprint density at radius 1 is 1.38 bits per heavy atom. The van der Waals surface area contributed by atoms with E-state index in [1.165, 1.54) is 12.8 Å². The van der Waals surface area contributed by atoms with Crippen LogP contribution in [0.2, 0.25) is 5.15 Å². The number of thiophene rings is 1. The first-order valence-corrected chi connectivity index (χ1v) is 6.71. The molecule has 0 atom stereocenters. The van der Waals surface area contributed by atoms with Crippen molar-refractivity contribution in [2.45, 2.75) is 26.2 Å². The minimum Gasteiger partial charge on any atom is -0.354 e. The zero-order valence-electron chi connectivity index (χ0n) is 9.16. The Bertz CT molecular complexity index is 469. The van der Waals surface area contributed by atoms with Crippen molar-refractivity contribution in [2.24, 2.45) is 0 Å². The van der Waals surface area contributed by atoms with Crippen LogP contribution in [0.15, 0.2) is 11.4 Å². The number of rotatable bonds is 5. The maximum absolute atomic E-state index is 6.06. The van der Waals surface area contributed by atoms with Crippen LogP contribution in [0.25, 0.3) is 10.2 Å². The lowest BCUT2D eigenvalue weighted by molar-refractivity contribution is 0.741. The third-order valence-corrected chi connectivity index (χ3v) is 3.44. The molecule has 2 aromatic rings. The minimum absolute atomic E-state index is 0.532. The molecule has 0 aromatic carbocycles. The third-order valence-electron chi connectivity index (χ3n) is 2.34. The molecular weight excluding hydrogens is 242 g/mol. The molecule has 2 rings (SSSR count). The molecule has 2 heterocycles. The Labute approximate surface area is 104 Å². The fourth-order valence-corrected chi connectivity index (χ4v) is 2.53. The highest BCUT2D eigenvalue weighted by Gasteiger charge is 2.05. The van der Waals surface area contributed by atoms with Gasteiger partial charge < -0.3 is 5.32 Å². The summed E-state index contributed by atoms with van der Waals surface area (Å²) in [7, 11) is 0. The van der Waals surface area contributed by atoms with E-state index in [0.717, 1.165) is 23.2 Å². The van der Waals surface area contributed by atoms with Gasteiger partial charge in [-0.15, -0.1) is 11.3 Å². The van der Waals surface area contributed by atoms with Crippen molar-refractivity contribution >= 4 is 39.1 Å². The monoisotopic (exact) mass is 255 g/mol. The van der Waals surface area contributed by atoms with Gasteiger partial charge in [-0.3, -0.25) is 0 Å². The Kier molecular flexibility index (Phi) is 3.96. The average Bonchev–Trinajstić information content (AvgIpc) is 2.73. The van der Waals surface area contributed by atoms with Crippen molar-refractivity contribution in [2.75, 3.05) is 11.9 Å². The lowest BCUT2D eigenvalue weighted by Gasteiger charge is -2.04. The highest BCUT2D eigenvalue weighted by molar-refractivity contribution is 7.16. The van der Waals surface area contributed by atoms with Crippen molar-refractivity contribution in [1.82, 2.24) is 9.97 Å². The van der Waals surface area contributed by atoms with E-state index in [2.05, 4.69) is 22.2 Å². The molecule has 0 amide bonds. The van der Waals surface area contributed by atoms with Gasteiger partial charge in [0, 0.05) is 11.9 Å². The van der Waals surface area contributed by atoms with Crippen molar-refractivity contribution in [1.29, 1.82) is 0 Å². The number of nitrogens with one attached hydrogen (secondary N) is 1. The van der Waals surface area contributed by atoms with Gasteiger partial charge in [-0.05, 0) is 17.9 Å². The molecule has 1 N–H and O–H groups in total. The number of aromatic nitrogens is 2. The molecule has 0 saturated carbocycles. The van der Waals surface area contributed by atoms with Gasteiger partial charge in [-0.25, -0.2) is 9.97 Å². The summed E-state index contributed by atoms with van der Waals surface area (Å²) >= 11 is 7.64. The van der Waals surface area contributed by atoms with Gasteiger partial charge in [0.2, 0.25) is 5.95 Å². The average molecular weight is 256 g/mol. The molecule has 3 nitrogen and oxygen atoms in total. The second-order valence-corrected chi connectivity index (χ2v) is 4.86. The van der Waals surface area contributed by atoms with E-state index in [9.17, 15) is 0 Å². The Morgan fingerprint density at radius 3 is 3.06 bits per heavy atom. The van der Waals surface area contributed by atoms with E-state index in [1.54, 1.807) is 11.3 Å². The molecule has 0 bridgehead atoms. The Hall–Kier alpha value is -0.870. The predicted octanol–water partition coefficient (Wildman–Crippen LogP) is 3.95. The molecule has 2 aromatic heterocycles. The van der Waals surface area contributed by atoms with E-state index in [4.69, 9.17) is 11.6 Å². The molecule has 0 spiro atoms. The van der Waals surface area contributed by atoms with E-state index in [0.29, 0.717) is 11.1 Å². The molecule has 0 unspecified atom stereocenters. The van der Waals surface area contributed by atoms with E-state index in [1.807, 2.05) is 11.4 Å². The molecule has 5 heteroatoms. The third kappa shape index (κ3) is 2.62. The SMILES string of the molecule is CCCCCNc1nc(Cl)c2ccsc2n1. The van der Waals surface area contributed by atoms with Crippen LogP contribution < -0.4 is 5.32 Å². The van der Waals surface area contributed by atoms with E-state index < -0.39 is 0 Å². The first kappa shape index (κ1) is 11.6. The number of halogens is 1.